The van der Waals surface area contributed by atoms with Gasteiger partial charge in [-0.1, -0.05) is 6.07 Å². The van der Waals surface area contributed by atoms with E-state index in [1.54, 1.807) is 12.3 Å². The molecule has 1 aliphatic carbocycles. The van der Waals surface area contributed by atoms with Crippen LogP contribution in [0.2, 0.25) is 0 Å². The Morgan fingerprint density at radius 3 is 2.94 bits per heavy atom. The molecule has 0 saturated heterocycles. The highest BCUT2D eigenvalue weighted by atomic mass is 19.1. The fraction of sp³-hybridized carbons (Fsp3) is 0.296. The number of halogens is 1. The molecule has 2 aromatic carbocycles. The molecule has 1 N–H and O–H groups in total. The number of pyridine rings is 1. The van der Waals surface area contributed by atoms with Crippen molar-refractivity contribution in [2.24, 2.45) is 5.92 Å². The summed E-state index contributed by atoms with van der Waals surface area (Å²) in [7, 11) is 0. The van der Waals surface area contributed by atoms with Crippen LogP contribution in [0.5, 0.6) is 17.2 Å². The summed E-state index contributed by atoms with van der Waals surface area (Å²) >= 11 is 0. The molecule has 3 aromatic rings. The molecule has 1 amide bonds. The largest absolute Gasteiger partial charge is 0.489 e. The Balaban J connectivity index is 1.15. The molecule has 3 aliphatic rings. The highest BCUT2D eigenvalue weighted by Crippen LogP contribution is 2.60. The van der Waals surface area contributed by atoms with Crippen LogP contribution in [0.3, 0.4) is 0 Å². The van der Waals surface area contributed by atoms with Crippen molar-refractivity contribution >= 4 is 17.5 Å². The average molecular weight is 458 g/mol. The topological polar surface area (TPSA) is 77.5 Å². The third-order valence-electron chi connectivity index (χ3n) is 6.77. The Kier molecular flexibility index (Phi) is 4.86. The number of ether oxygens (including phenoxy) is 2. The summed E-state index contributed by atoms with van der Waals surface area (Å²) in [4.78, 5) is 28.6. The Morgan fingerprint density at radius 2 is 2.09 bits per heavy atom. The summed E-state index contributed by atoms with van der Waals surface area (Å²) in [5.74, 6) is 2.77. The Labute approximate surface area is 196 Å². The first-order chi connectivity index (χ1) is 16.4. The fourth-order valence-electron chi connectivity index (χ4n) is 5.21. The summed E-state index contributed by atoms with van der Waals surface area (Å²) in [5, 5.41) is 2.79. The van der Waals surface area contributed by atoms with Gasteiger partial charge in [0.25, 0.3) is 0 Å². The van der Waals surface area contributed by atoms with E-state index in [4.69, 9.17) is 9.47 Å². The van der Waals surface area contributed by atoms with Crippen LogP contribution >= 0.6 is 0 Å². The molecule has 172 valence electrons. The maximum Gasteiger partial charge on any atom is 0.225 e. The lowest BCUT2D eigenvalue weighted by Gasteiger charge is -2.19. The van der Waals surface area contributed by atoms with Crippen molar-refractivity contribution < 1.29 is 23.5 Å². The molecule has 0 spiro atoms. The molecule has 34 heavy (non-hydrogen) atoms. The lowest BCUT2D eigenvalue weighted by molar-refractivity contribution is -0.119. The average Bonchev–Trinajstić information content (AvgIpc) is 3.29. The maximum atomic E-state index is 13.6. The number of rotatable bonds is 6. The number of ketones is 1. The van der Waals surface area contributed by atoms with E-state index >= 15 is 0 Å². The number of aryl methyl sites for hydroxylation is 1. The van der Waals surface area contributed by atoms with E-state index in [9.17, 15) is 14.0 Å². The number of hydrogen-bond acceptors (Lipinski definition) is 5. The number of carbonyl (C=O) groups excluding carboxylic acids is 2. The first kappa shape index (κ1) is 20.8. The van der Waals surface area contributed by atoms with Gasteiger partial charge in [0.15, 0.2) is 0 Å². The molecule has 0 unspecified atom stereocenters. The van der Waals surface area contributed by atoms with Crippen LogP contribution in [-0.2, 0) is 22.4 Å². The van der Waals surface area contributed by atoms with Crippen LogP contribution in [0.4, 0.5) is 10.2 Å². The van der Waals surface area contributed by atoms with Crippen molar-refractivity contribution in [3.8, 4) is 17.2 Å². The quantitative estimate of drug-likeness (QED) is 0.570. The summed E-state index contributed by atoms with van der Waals surface area (Å²) in [5.41, 5.74) is 3.47. The van der Waals surface area contributed by atoms with Crippen LogP contribution in [0.25, 0.3) is 0 Å². The van der Waals surface area contributed by atoms with Gasteiger partial charge in [0.05, 0.1) is 0 Å². The second-order valence-electron chi connectivity index (χ2n) is 9.31. The molecule has 7 heteroatoms. The van der Waals surface area contributed by atoms with Crippen LogP contribution in [0, 0.1) is 18.7 Å². The lowest BCUT2D eigenvalue weighted by Crippen LogP contribution is -2.20. The van der Waals surface area contributed by atoms with Gasteiger partial charge in [-0.05, 0) is 60.9 Å². The molecule has 3 heterocycles. The lowest BCUT2D eigenvalue weighted by atomic mass is 10.0. The molecule has 0 radical (unpaired) electrons. The molecule has 3 atom stereocenters. The number of aromatic nitrogens is 1. The number of carbonyl (C=O) groups is 2. The van der Waals surface area contributed by atoms with Crippen LogP contribution in [-0.4, -0.2) is 22.8 Å². The van der Waals surface area contributed by atoms with E-state index in [1.165, 1.54) is 12.1 Å². The van der Waals surface area contributed by atoms with Crippen LogP contribution in [0.15, 0.2) is 48.7 Å². The zero-order valence-corrected chi connectivity index (χ0v) is 18.6. The number of nitrogens with one attached hydrogen (secondary N) is 1. The Bertz CT molecular complexity index is 1320. The van der Waals surface area contributed by atoms with Crippen molar-refractivity contribution in [1.82, 2.24) is 4.98 Å². The van der Waals surface area contributed by atoms with Gasteiger partial charge < -0.3 is 14.8 Å². The third-order valence-corrected chi connectivity index (χ3v) is 6.77. The second-order valence-corrected chi connectivity index (χ2v) is 9.31. The van der Waals surface area contributed by atoms with Crippen LogP contribution in [0.1, 0.15) is 41.0 Å². The number of Topliss-reactive ketones (excluding diaryl/α,β-unsaturated/α-hetero) is 1. The van der Waals surface area contributed by atoms with E-state index in [0.29, 0.717) is 42.1 Å². The van der Waals surface area contributed by atoms with E-state index in [0.717, 1.165) is 22.4 Å². The first-order valence-electron chi connectivity index (χ1n) is 11.5. The highest BCUT2D eigenvalue weighted by Gasteiger charge is 2.59. The van der Waals surface area contributed by atoms with Gasteiger partial charge in [-0.25, -0.2) is 9.37 Å². The minimum atomic E-state index is -0.311. The molecule has 0 bridgehead atoms. The predicted molar refractivity (Wildman–Crippen MR) is 123 cm³/mol. The molecule has 1 saturated carbocycles. The molecule has 6 nitrogen and oxygen atoms in total. The van der Waals surface area contributed by atoms with Gasteiger partial charge >= 0.3 is 0 Å². The molecule has 1 aromatic heterocycles. The van der Waals surface area contributed by atoms with Gasteiger partial charge in [0.2, 0.25) is 5.91 Å². The van der Waals surface area contributed by atoms with Gasteiger partial charge in [0, 0.05) is 48.4 Å². The summed E-state index contributed by atoms with van der Waals surface area (Å²) in [6.07, 6.45) is 3.25. The standard InChI is InChI=1S/C27H23FN2O4/c1-14-8-15(10-16(28)9-14)11-17(31)12-21-25-20-13-18(2-4-22(20)34-26(21)25)33-23-6-7-29-27-19(23)3-5-24(32)30-27/h2,4,6-10,13,21,25-26H,3,5,11-12H2,1H3,(H,29,30,32)/t21-,25-,26+/m0/s1. The van der Waals surface area contributed by atoms with Gasteiger partial charge in [-0.15, -0.1) is 0 Å². The number of hydrogen-bond donors (Lipinski definition) is 1. The number of fused-ring (bicyclic) bond motifs is 4. The summed E-state index contributed by atoms with van der Waals surface area (Å²) < 4.78 is 25.9. The van der Waals surface area contributed by atoms with Gasteiger partial charge in [-0.3, -0.25) is 9.59 Å². The molecule has 1 fully saturated rings. The van der Waals surface area contributed by atoms with E-state index < -0.39 is 0 Å². The number of benzene rings is 2. The zero-order valence-electron chi connectivity index (χ0n) is 18.6. The van der Waals surface area contributed by atoms with Crippen molar-refractivity contribution in [3.63, 3.8) is 0 Å². The fourth-order valence-corrected chi connectivity index (χ4v) is 5.21. The predicted octanol–water partition coefficient (Wildman–Crippen LogP) is 4.88. The molecule has 2 aliphatic heterocycles. The molecular weight excluding hydrogens is 435 g/mol. The smallest absolute Gasteiger partial charge is 0.225 e. The highest BCUT2D eigenvalue weighted by molar-refractivity contribution is 5.93. The monoisotopic (exact) mass is 458 g/mol. The SMILES string of the molecule is Cc1cc(F)cc(CC(=O)C[C@@H]2[C@H]3Oc4ccc(Oc5ccnc6c5CCC(=O)N6)cc4[C@@H]23)c1. The van der Waals surface area contributed by atoms with Crippen molar-refractivity contribution in [3.05, 3.63) is 76.7 Å². The van der Waals surface area contributed by atoms with Crippen LogP contribution < -0.4 is 14.8 Å². The Morgan fingerprint density at radius 1 is 1.21 bits per heavy atom. The Hall–Kier alpha value is -3.74. The minimum absolute atomic E-state index is 0.00680. The van der Waals surface area contributed by atoms with Crippen molar-refractivity contribution in [2.75, 3.05) is 5.32 Å². The van der Waals surface area contributed by atoms with Crippen molar-refractivity contribution in [1.29, 1.82) is 0 Å². The van der Waals surface area contributed by atoms with E-state index in [1.807, 2.05) is 31.2 Å². The zero-order chi connectivity index (χ0) is 23.4. The molecule has 6 rings (SSSR count). The van der Waals surface area contributed by atoms with E-state index in [-0.39, 0.29) is 41.9 Å². The normalized spacial score (nSPS) is 21.6. The minimum Gasteiger partial charge on any atom is -0.489 e. The van der Waals surface area contributed by atoms with Gasteiger partial charge in [-0.2, -0.15) is 0 Å². The summed E-state index contributed by atoms with van der Waals surface area (Å²) in [6.45, 7) is 1.82. The molecular formula is C27H23FN2O4. The first-order valence-corrected chi connectivity index (χ1v) is 11.5. The number of amides is 1. The third kappa shape index (κ3) is 3.81. The summed E-state index contributed by atoms with van der Waals surface area (Å²) in [6, 6.07) is 12.3. The van der Waals surface area contributed by atoms with Gasteiger partial charge in [0.1, 0.15) is 40.8 Å². The number of anilines is 1. The maximum absolute atomic E-state index is 13.6. The van der Waals surface area contributed by atoms with E-state index in [2.05, 4.69) is 10.3 Å². The van der Waals surface area contributed by atoms with Crippen molar-refractivity contribution in [2.45, 2.75) is 44.6 Å². The number of nitrogens with zero attached hydrogens (tertiary/aromatic N) is 1. The second kappa shape index (κ2) is 7.94.